The maximum absolute atomic E-state index is 12.6. The van der Waals surface area contributed by atoms with Crippen molar-refractivity contribution in [3.05, 3.63) is 108 Å². The van der Waals surface area contributed by atoms with E-state index in [2.05, 4.69) is 0 Å². The van der Waals surface area contributed by atoms with Crippen molar-refractivity contribution in [3.8, 4) is 0 Å². The van der Waals surface area contributed by atoms with E-state index in [4.69, 9.17) is 5.73 Å². The number of nitrogens with two attached hydrogens (primary N) is 1. The molecule has 0 atom stereocenters. The molecule has 174 valence electrons. The van der Waals surface area contributed by atoms with Crippen LogP contribution in [-0.4, -0.2) is 5.91 Å². The number of hydrogen-bond acceptors (Lipinski definition) is 1. The van der Waals surface area contributed by atoms with E-state index in [1.165, 1.54) is 0 Å². The summed E-state index contributed by atoms with van der Waals surface area (Å²) in [4.78, 5) is 12.6. The van der Waals surface area contributed by atoms with E-state index in [9.17, 15) is 4.79 Å². The lowest BCUT2D eigenvalue weighted by atomic mass is 9.69. The minimum Gasteiger partial charge on any atom is -0.368 e. The average molecular weight is 426 g/mol. The predicted octanol–water partition coefficient (Wildman–Crippen LogP) is 8.49. The monoisotopic (exact) mass is 425 g/mol. The summed E-state index contributed by atoms with van der Waals surface area (Å²) in [6.07, 6.45) is 0. The first-order valence-corrected chi connectivity index (χ1v) is 10.2. The second kappa shape index (κ2) is 20.4. The van der Waals surface area contributed by atoms with Crippen molar-refractivity contribution in [1.82, 2.24) is 0 Å². The molecule has 0 aliphatic heterocycles. The quantitative estimate of drug-likeness (QED) is 0.418. The second-order valence-corrected chi connectivity index (χ2v) is 5.21. The van der Waals surface area contributed by atoms with Gasteiger partial charge in [0.2, 0.25) is 5.91 Å². The van der Waals surface area contributed by atoms with E-state index in [0.29, 0.717) is 0 Å². The SMILES string of the molecule is C.C.C.CC.CC.CC.NC(=O)C(c1ccccc1)(c1ccccc1)c1ccccc1. The van der Waals surface area contributed by atoms with Crippen molar-refractivity contribution in [1.29, 1.82) is 0 Å². The molecule has 2 nitrogen and oxygen atoms in total. The Balaban J connectivity index is -0.000000374. The molecule has 2 N–H and O–H groups in total. The fourth-order valence-electron chi connectivity index (χ4n) is 2.99. The van der Waals surface area contributed by atoms with Gasteiger partial charge in [0.15, 0.2) is 0 Å². The number of benzene rings is 3. The van der Waals surface area contributed by atoms with Crippen LogP contribution in [-0.2, 0) is 10.2 Å². The normalized spacial score (nSPS) is 8.45. The van der Waals surface area contributed by atoms with Gasteiger partial charge in [0.25, 0.3) is 0 Å². The number of carbonyl (C=O) groups is 1. The average Bonchev–Trinajstić information content (AvgIpc) is 2.80. The van der Waals surface area contributed by atoms with Gasteiger partial charge in [0.05, 0.1) is 0 Å². The molecule has 0 aromatic heterocycles. The van der Waals surface area contributed by atoms with Gasteiger partial charge >= 0.3 is 0 Å². The van der Waals surface area contributed by atoms with Gasteiger partial charge in [-0.3, -0.25) is 4.79 Å². The highest BCUT2D eigenvalue weighted by atomic mass is 16.1. The van der Waals surface area contributed by atoms with Crippen LogP contribution in [0.15, 0.2) is 91.0 Å². The third-order valence-corrected chi connectivity index (χ3v) is 3.99. The molecule has 3 aromatic carbocycles. The zero-order valence-corrected chi connectivity index (χ0v) is 18.1. The van der Waals surface area contributed by atoms with E-state index in [1.54, 1.807) is 0 Å². The highest BCUT2D eigenvalue weighted by molar-refractivity contribution is 5.95. The van der Waals surface area contributed by atoms with E-state index in [0.717, 1.165) is 16.7 Å². The molecule has 0 radical (unpaired) electrons. The Morgan fingerprint density at radius 1 is 0.516 bits per heavy atom. The molecule has 31 heavy (non-hydrogen) atoms. The largest absolute Gasteiger partial charge is 0.368 e. The molecular weight excluding hydrogens is 378 g/mol. The molecule has 0 saturated heterocycles. The van der Waals surface area contributed by atoms with E-state index in [-0.39, 0.29) is 28.2 Å². The molecule has 0 heterocycles. The maximum atomic E-state index is 12.6. The Kier molecular flexibility index (Phi) is 23.4. The molecular formula is C29H47NO. The molecule has 3 rings (SSSR count). The number of primary amides is 1. The minimum atomic E-state index is -0.982. The number of hydrogen-bond donors (Lipinski definition) is 1. The van der Waals surface area contributed by atoms with Crippen LogP contribution >= 0.6 is 0 Å². The zero-order chi connectivity index (χ0) is 21.4. The van der Waals surface area contributed by atoms with Gasteiger partial charge in [-0.2, -0.15) is 0 Å². The Bertz CT molecular complexity index is 656. The molecule has 0 saturated carbocycles. The Labute approximate surface area is 193 Å². The Morgan fingerprint density at radius 2 is 0.710 bits per heavy atom. The third-order valence-electron chi connectivity index (χ3n) is 3.99. The van der Waals surface area contributed by atoms with Crippen LogP contribution in [0, 0.1) is 0 Å². The van der Waals surface area contributed by atoms with Gasteiger partial charge in [-0.15, -0.1) is 0 Å². The lowest BCUT2D eigenvalue weighted by Gasteiger charge is -2.32. The summed E-state index contributed by atoms with van der Waals surface area (Å²) >= 11 is 0. The summed E-state index contributed by atoms with van der Waals surface area (Å²) in [5, 5.41) is 0. The van der Waals surface area contributed by atoms with Crippen LogP contribution in [0.4, 0.5) is 0 Å². The van der Waals surface area contributed by atoms with E-state index < -0.39 is 5.41 Å². The van der Waals surface area contributed by atoms with E-state index >= 15 is 0 Å². The highest BCUT2D eigenvalue weighted by Gasteiger charge is 2.41. The highest BCUT2D eigenvalue weighted by Crippen LogP contribution is 2.38. The van der Waals surface area contributed by atoms with Gasteiger partial charge in [0.1, 0.15) is 5.41 Å². The maximum Gasteiger partial charge on any atom is 0.237 e. The van der Waals surface area contributed by atoms with Crippen molar-refractivity contribution >= 4 is 5.91 Å². The van der Waals surface area contributed by atoms with Crippen LogP contribution < -0.4 is 5.73 Å². The first kappa shape index (κ1) is 35.6. The minimum absolute atomic E-state index is 0. The Morgan fingerprint density at radius 3 is 0.871 bits per heavy atom. The molecule has 0 bridgehead atoms. The molecule has 2 heteroatoms. The molecule has 0 spiro atoms. The predicted molar refractivity (Wildman–Crippen MR) is 143 cm³/mol. The smallest absolute Gasteiger partial charge is 0.237 e. The lowest BCUT2D eigenvalue weighted by molar-refractivity contribution is -0.120. The van der Waals surface area contributed by atoms with Crippen LogP contribution in [0.3, 0.4) is 0 Å². The van der Waals surface area contributed by atoms with Gasteiger partial charge in [-0.25, -0.2) is 0 Å². The summed E-state index contributed by atoms with van der Waals surface area (Å²) < 4.78 is 0. The summed E-state index contributed by atoms with van der Waals surface area (Å²) in [6, 6.07) is 29.1. The standard InChI is InChI=1S/C20H17NO.3C2H6.3CH4/c21-19(22)20(16-10-4-1-5-11-16,17-12-6-2-7-13-17)18-14-8-3-9-15-18;3*1-2;;;/h1-15H,(H2,21,22);3*1-2H3;3*1H4. The fraction of sp³-hybridized carbons (Fsp3) is 0.345. The van der Waals surface area contributed by atoms with Crippen LogP contribution in [0.1, 0.15) is 80.5 Å². The second-order valence-electron chi connectivity index (χ2n) is 5.21. The lowest BCUT2D eigenvalue weighted by Crippen LogP contribution is -2.43. The van der Waals surface area contributed by atoms with Crippen molar-refractivity contribution < 1.29 is 4.79 Å². The van der Waals surface area contributed by atoms with Crippen LogP contribution in [0.2, 0.25) is 0 Å². The van der Waals surface area contributed by atoms with Gasteiger partial charge in [0, 0.05) is 0 Å². The van der Waals surface area contributed by atoms with Crippen LogP contribution in [0.5, 0.6) is 0 Å². The number of carbonyl (C=O) groups excluding carboxylic acids is 1. The van der Waals surface area contributed by atoms with Gasteiger partial charge < -0.3 is 5.73 Å². The third kappa shape index (κ3) is 8.41. The molecule has 0 unspecified atom stereocenters. The Hall–Kier alpha value is -2.87. The number of rotatable bonds is 4. The summed E-state index contributed by atoms with van der Waals surface area (Å²) in [5.41, 5.74) is 7.57. The number of amides is 1. The van der Waals surface area contributed by atoms with Crippen molar-refractivity contribution in [2.24, 2.45) is 5.73 Å². The van der Waals surface area contributed by atoms with Crippen LogP contribution in [0.25, 0.3) is 0 Å². The molecule has 0 aliphatic rings. The molecule has 0 aliphatic carbocycles. The summed E-state index contributed by atoms with van der Waals surface area (Å²) in [5.74, 6) is -0.379. The summed E-state index contributed by atoms with van der Waals surface area (Å²) in [6.45, 7) is 12.0. The van der Waals surface area contributed by atoms with Crippen molar-refractivity contribution in [2.75, 3.05) is 0 Å². The van der Waals surface area contributed by atoms with Crippen molar-refractivity contribution in [2.45, 2.75) is 69.2 Å². The zero-order valence-electron chi connectivity index (χ0n) is 18.1. The topological polar surface area (TPSA) is 43.1 Å². The first-order valence-electron chi connectivity index (χ1n) is 10.2. The van der Waals surface area contributed by atoms with Crippen molar-refractivity contribution in [3.63, 3.8) is 0 Å². The summed E-state index contributed by atoms with van der Waals surface area (Å²) in [7, 11) is 0. The fourth-order valence-corrected chi connectivity index (χ4v) is 2.99. The molecule has 0 fully saturated rings. The molecule has 3 aromatic rings. The molecule has 1 amide bonds. The van der Waals surface area contributed by atoms with E-state index in [1.807, 2.05) is 133 Å². The first-order chi connectivity index (χ1) is 13.8. The van der Waals surface area contributed by atoms with Gasteiger partial charge in [-0.1, -0.05) is 155 Å². The van der Waals surface area contributed by atoms with Gasteiger partial charge in [-0.05, 0) is 16.7 Å².